The predicted molar refractivity (Wildman–Crippen MR) is 114 cm³/mol. The van der Waals surface area contributed by atoms with Crippen molar-refractivity contribution < 1.29 is 17.9 Å². The van der Waals surface area contributed by atoms with E-state index in [1.165, 1.54) is 11.4 Å². The number of rotatable bonds is 6. The van der Waals surface area contributed by atoms with Crippen molar-refractivity contribution in [3.05, 3.63) is 84.4 Å². The zero-order chi connectivity index (χ0) is 21.0. The quantitative estimate of drug-likeness (QED) is 0.457. The Morgan fingerprint density at radius 3 is 2.07 bits per heavy atom. The van der Waals surface area contributed by atoms with Crippen LogP contribution < -0.4 is 13.9 Å². The van der Waals surface area contributed by atoms with Crippen molar-refractivity contribution in [2.45, 2.75) is 4.90 Å². The summed E-state index contributed by atoms with van der Waals surface area (Å²) in [6.45, 7) is 0. The van der Waals surface area contributed by atoms with Gasteiger partial charge in [-0.3, -0.25) is 4.31 Å². The number of benzene rings is 3. The van der Waals surface area contributed by atoms with E-state index < -0.39 is 16.0 Å². The zero-order valence-corrected chi connectivity index (χ0v) is 17.3. The molecule has 3 rings (SSSR count). The standard InChI is InChI=1S/C22H22N2O4S/c1-23(2)19-9-7-8-17(16-19)22(25)28-20-14-12-18(13-15-20)24(3)29(26,27)21-10-5-4-6-11-21/h4-16H,1-3H3. The van der Waals surface area contributed by atoms with E-state index in [2.05, 4.69) is 0 Å². The van der Waals surface area contributed by atoms with Crippen molar-refractivity contribution in [3.63, 3.8) is 0 Å². The molecule has 7 heteroatoms. The molecule has 0 atom stereocenters. The average Bonchev–Trinajstić information content (AvgIpc) is 2.74. The zero-order valence-electron chi connectivity index (χ0n) is 16.4. The highest BCUT2D eigenvalue weighted by Crippen LogP contribution is 2.25. The Balaban J connectivity index is 1.75. The molecule has 3 aromatic carbocycles. The Morgan fingerprint density at radius 1 is 0.793 bits per heavy atom. The molecule has 0 aliphatic heterocycles. The van der Waals surface area contributed by atoms with Crippen LogP contribution in [0.3, 0.4) is 0 Å². The van der Waals surface area contributed by atoms with Gasteiger partial charge in [0.1, 0.15) is 5.75 Å². The summed E-state index contributed by atoms with van der Waals surface area (Å²) in [5, 5.41) is 0. The highest BCUT2D eigenvalue weighted by atomic mass is 32.2. The molecule has 0 saturated heterocycles. The Bertz CT molecular complexity index is 1100. The number of nitrogens with zero attached hydrogens (tertiary/aromatic N) is 2. The maximum atomic E-state index is 12.7. The third-order valence-corrected chi connectivity index (χ3v) is 6.21. The second-order valence-corrected chi connectivity index (χ2v) is 8.58. The molecular formula is C22H22N2O4S. The van der Waals surface area contributed by atoms with Crippen molar-refractivity contribution in [2.75, 3.05) is 30.3 Å². The van der Waals surface area contributed by atoms with Crippen LogP contribution in [0.1, 0.15) is 10.4 Å². The van der Waals surface area contributed by atoms with Gasteiger partial charge in [0, 0.05) is 26.8 Å². The third kappa shape index (κ3) is 4.57. The summed E-state index contributed by atoms with van der Waals surface area (Å²) in [4.78, 5) is 14.5. The van der Waals surface area contributed by atoms with Gasteiger partial charge in [0.25, 0.3) is 10.0 Å². The van der Waals surface area contributed by atoms with Crippen LogP contribution in [-0.2, 0) is 10.0 Å². The first-order chi connectivity index (χ1) is 13.8. The maximum absolute atomic E-state index is 12.7. The Labute approximate surface area is 171 Å². The summed E-state index contributed by atoms with van der Waals surface area (Å²) in [6, 6.07) is 21.7. The second kappa shape index (κ2) is 8.36. The molecule has 0 amide bonds. The molecule has 0 radical (unpaired) electrons. The lowest BCUT2D eigenvalue weighted by Gasteiger charge is -2.19. The lowest BCUT2D eigenvalue weighted by Crippen LogP contribution is -2.26. The molecule has 0 fully saturated rings. The first kappa shape index (κ1) is 20.4. The first-order valence-corrected chi connectivity index (χ1v) is 10.4. The molecule has 0 aliphatic carbocycles. The fraction of sp³-hybridized carbons (Fsp3) is 0.136. The molecule has 0 aromatic heterocycles. The summed E-state index contributed by atoms with van der Waals surface area (Å²) in [5.41, 5.74) is 1.79. The molecule has 29 heavy (non-hydrogen) atoms. The van der Waals surface area contributed by atoms with Crippen LogP contribution in [0.15, 0.2) is 83.8 Å². The van der Waals surface area contributed by atoms with Gasteiger partial charge in [-0.2, -0.15) is 0 Å². The van der Waals surface area contributed by atoms with E-state index in [9.17, 15) is 13.2 Å². The fourth-order valence-electron chi connectivity index (χ4n) is 2.69. The summed E-state index contributed by atoms with van der Waals surface area (Å²) in [5.74, 6) is -0.147. The molecule has 0 unspecified atom stereocenters. The van der Waals surface area contributed by atoms with Crippen LogP contribution >= 0.6 is 0 Å². The van der Waals surface area contributed by atoms with E-state index >= 15 is 0 Å². The second-order valence-electron chi connectivity index (χ2n) is 6.61. The topological polar surface area (TPSA) is 66.9 Å². The number of hydrogen-bond acceptors (Lipinski definition) is 5. The van der Waals surface area contributed by atoms with Crippen LogP contribution in [-0.4, -0.2) is 35.5 Å². The van der Waals surface area contributed by atoms with E-state index in [1.807, 2.05) is 25.1 Å². The smallest absolute Gasteiger partial charge is 0.343 e. The normalized spacial score (nSPS) is 11.0. The number of hydrogen-bond donors (Lipinski definition) is 0. The van der Waals surface area contributed by atoms with E-state index in [1.54, 1.807) is 72.8 Å². The van der Waals surface area contributed by atoms with Crippen molar-refractivity contribution in [3.8, 4) is 5.75 Å². The van der Waals surface area contributed by atoms with Crippen LogP contribution in [0, 0.1) is 0 Å². The average molecular weight is 410 g/mol. The Kier molecular flexibility index (Phi) is 5.89. The number of esters is 1. The van der Waals surface area contributed by atoms with E-state index in [0.717, 1.165) is 5.69 Å². The van der Waals surface area contributed by atoms with E-state index in [-0.39, 0.29) is 4.90 Å². The van der Waals surface area contributed by atoms with Crippen molar-refractivity contribution in [1.82, 2.24) is 0 Å². The van der Waals surface area contributed by atoms with Gasteiger partial charge in [0.2, 0.25) is 0 Å². The van der Waals surface area contributed by atoms with Crippen molar-refractivity contribution in [2.24, 2.45) is 0 Å². The van der Waals surface area contributed by atoms with Gasteiger partial charge in [-0.25, -0.2) is 13.2 Å². The Morgan fingerprint density at radius 2 is 1.45 bits per heavy atom. The SMILES string of the molecule is CN(C)c1cccc(C(=O)Oc2ccc(N(C)S(=O)(=O)c3ccccc3)cc2)c1. The molecular weight excluding hydrogens is 388 g/mol. The number of sulfonamides is 1. The molecule has 0 N–H and O–H groups in total. The van der Waals surface area contributed by atoms with Gasteiger partial charge < -0.3 is 9.64 Å². The largest absolute Gasteiger partial charge is 0.423 e. The van der Waals surface area contributed by atoms with Crippen molar-refractivity contribution in [1.29, 1.82) is 0 Å². The third-order valence-electron chi connectivity index (χ3n) is 4.41. The summed E-state index contributed by atoms with van der Waals surface area (Å²) < 4.78 is 32.0. The highest BCUT2D eigenvalue weighted by Gasteiger charge is 2.21. The minimum atomic E-state index is -3.66. The Hall–Kier alpha value is -3.32. The molecule has 0 spiro atoms. The van der Waals surface area contributed by atoms with Crippen LogP contribution in [0.2, 0.25) is 0 Å². The predicted octanol–water partition coefficient (Wildman–Crippen LogP) is 3.80. The number of carbonyl (C=O) groups is 1. The van der Waals surface area contributed by atoms with E-state index in [4.69, 9.17) is 4.74 Å². The fourth-order valence-corrected chi connectivity index (χ4v) is 3.91. The minimum absolute atomic E-state index is 0.207. The molecule has 0 saturated carbocycles. The molecule has 6 nitrogen and oxygen atoms in total. The highest BCUT2D eigenvalue weighted by molar-refractivity contribution is 7.92. The lowest BCUT2D eigenvalue weighted by atomic mass is 10.2. The number of carbonyl (C=O) groups excluding carboxylic acids is 1. The minimum Gasteiger partial charge on any atom is -0.423 e. The summed E-state index contributed by atoms with van der Waals surface area (Å²) in [7, 11) is 1.60. The monoisotopic (exact) mass is 410 g/mol. The molecule has 0 aliphatic rings. The van der Waals surface area contributed by atoms with Gasteiger partial charge in [-0.1, -0.05) is 24.3 Å². The number of anilines is 2. The van der Waals surface area contributed by atoms with Gasteiger partial charge in [0.05, 0.1) is 16.1 Å². The van der Waals surface area contributed by atoms with E-state index in [0.29, 0.717) is 17.0 Å². The van der Waals surface area contributed by atoms with Gasteiger partial charge >= 0.3 is 5.97 Å². The summed E-state index contributed by atoms with van der Waals surface area (Å²) >= 11 is 0. The maximum Gasteiger partial charge on any atom is 0.343 e. The lowest BCUT2D eigenvalue weighted by molar-refractivity contribution is 0.0735. The molecule has 0 bridgehead atoms. The molecule has 3 aromatic rings. The van der Waals surface area contributed by atoms with Crippen LogP contribution in [0.25, 0.3) is 0 Å². The van der Waals surface area contributed by atoms with Gasteiger partial charge in [-0.15, -0.1) is 0 Å². The van der Waals surface area contributed by atoms with Crippen LogP contribution in [0.5, 0.6) is 5.75 Å². The summed E-state index contributed by atoms with van der Waals surface area (Å²) in [6.07, 6.45) is 0. The number of ether oxygens (including phenoxy) is 1. The van der Waals surface area contributed by atoms with Crippen molar-refractivity contribution >= 4 is 27.4 Å². The van der Waals surface area contributed by atoms with Gasteiger partial charge in [-0.05, 0) is 54.6 Å². The molecule has 150 valence electrons. The van der Waals surface area contributed by atoms with Gasteiger partial charge in [0.15, 0.2) is 0 Å². The first-order valence-electron chi connectivity index (χ1n) is 8.92. The molecule has 0 heterocycles. The van der Waals surface area contributed by atoms with Crippen LogP contribution in [0.4, 0.5) is 11.4 Å².